The van der Waals surface area contributed by atoms with Crippen LogP contribution in [-0.4, -0.2) is 38.7 Å². The summed E-state index contributed by atoms with van der Waals surface area (Å²) in [7, 11) is 0. The molecule has 0 aliphatic carbocycles. The van der Waals surface area contributed by atoms with Gasteiger partial charge in [0.25, 0.3) is 5.82 Å². The second-order valence-corrected chi connectivity index (χ2v) is 6.06. The summed E-state index contributed by atoms with van der Waals surface area (Å²) >= 11 is 6.10. The molecule has 0 amide bonds. The van der Waals surface area contributed by atoms with Gasteiger partial charge in [-0.3, -0.25) is 0 Å². The van der Waals surface area contributed by atoms with E-state index in [1.807, 2.05) is 6.07 Å². The summed E-state index contributed by atoms with van der Waals surface area (Å²) in [5.41, 5.74) is 1.88. The van der Waals surface area contributed by atoms with E-state index in [0.29, 0.717) is 22.0 Å². The standard InChI is InChI=1S/C17H20ClN5O2/c1-3-5-6-9-19-14-16-21-15(17(24)25-4-2)22-23(16)13-10-11(18)7-8-12(13)20-14/h7-8,10H,3-6,9H2,1-2H3,(H,19,20). The SMILES string of the molecule is CCCCCNc1nc2ccc(Cl)cc2n2nc(C(=O)OCC)nc12. The van der Waals surface area contributed by atoms with Crippen LogP contribution in [0.3, 0.4) is 0 Å². The molecular formula is C17H20ClN5O2. The van der Waals surface area contributed by atoms with Crippen LogP contribution in [0, 0.1) is 0 Å². The van der Waals surface area contributed by atoms with Gasteiger partial charge in [0.15, 0.2) is 11.5 Å². The highest BCUT2D eigenvalue weighted by atomic mass is 35.5. The van der Waals surface area contributed by atoms with Gasteiger partial charge in [-0.1, -0.05) is 31.4 Å². The Morgan fingerprint density at radius 1 is 1.28 bits per heavy atom. The molecule has 0 aliphatic heterocycles. The topological polar surface area (TPSA) is 81.4 Å². The number of nitrogens with zero attached hydrogens (tertiary/aromatic N) is 4. The van der Waals surface area contributed by atoms with Crippen LogP contribution in [0.25, 0.3) is 16.7 Å². The van der Waals surface area contributed by atoms with E-state index in [-0.39, 0.29) is 12.4 Å². The first-order valence-electron chi connectivity index (χ1n) is 8.41. The normalized spacial score (nSPS) is 11.2. The summed E-state index contributed by atoms with van der Waals surface area (Å²) in [5.74, 6) is 0.0417. The van der Waals surface area contributed by atoms with Crippen LogP contribution in [0.1, 0.15) is 43.7 Å². The van der Waals surface area contributed by atoms with Gasteiger partial charge < -0.3 is 10.1 Å². The summed E-state index contributed by atoms with van der Waals surface area (Å²) in [4.78, 5) is 20.9. The van der Waals surface area contributed by atoms with Crippen molar-refractivity contribution in [3.05, 3.63) is 29.0 Å². The van der Waals surface area contributed by atoms with E-state index in [2.05, 4.69) is 27.3 Å². The molecule has 0 spiro atoms. The van der Waals surface area contributed by atoms with Gasteiger partial charge in [0.2, 0.25) is 0 Å². The van der Waals surface area contributed by atoms with E-state index >= 15 is 0 Å². The smallest absolute Gasteiger partial charge is 0.378 e. The van der Waals surface area contributed by atoms with Gasteiger partial charge in [-0.2, -0.15) is 4.98 Å². The number of fused-ring (bicyclic) bond motifs is 3. The van der Waals surface area contributed by atoms with Gasteiger partial charge in [-0.15, -0.1) is 5.10 Å². The predicted molar refractivity (Wildman–Crippen MR) is 97.3 cm³/mol. The fraction of sp³-hybridized carbons (Fsp3) is 0.412. The van der Waals surface area contributed by atoms with E-state index in [4.69, 9.17) is 16.3 Å². The van der Waals surface area contributed by atoms with Crippen LogP contribution in [0.15, 0.2) is 18.2 Å². The van der Waals surface area contributed by atoms with Crippen LogP contribution in [0.2, 0.25) is 5.02 Å². The first kappa shape index (κ1) is 17.4. The Morgan fingerprint density at radius 2 is 2.12 bits per heavy atom. The summed E-state index contributed by atoms with van der Waals surface area (Å²) in [5, 5.41) is 8.15. The third-order valence-electron chi connectivity index (χ3n) is 3.75. The molecule has 7 nitrogen and oxygen atoms in total. The lowest BCUT2D eigenvalue weighted by molar-refractivity contribution is 0.0512. The van der Waals surface area contributed by atoms with Crippen molar-refractivity contribution < 1.29 is 9.53 Å². The number of unbranched alkanes of at least 4 members (excludes halogenated alkanes) is 2. The van der Waals surface area contributed by atoms with Crippen molar-refractivity contribution in [1.29, 1.82) is 0 Å². The van der Waals surface area contributed by atoms with Crippen molar-refractivity contribution in [3.8, 4) is 0 Å². The molecule has 1 aromatic carbocycles. The molecule has 3 aromatic rings. The van der Waals surface area contributed by atoms with Gasteiger partial charge in [0.05, 0.1) is 17.6 Å². The lowest BCUT2D eigenvalue weighted by Gasteiger charge is -2.08. The molecule has 8 heteroatoms. The number of halogens is 1. The maximum Gasteiger partial charge on any atom is 0.378 e. The van der Waals surface area contributed by atoms with Gasteiger partial charge in [0, 0.05) is 11.6 Å². The Kier molecular flexibility index (Phi) is 5.33. The number of nitrogens with one attached hydrogen (secondary N) is 1. The van der Waals surface area contributed by atoms with Crippen LogP contribution in [-0.2, 0) is 4.74 Å². The molecule has 3 rings (SSSR count). The lowest BCUT2D eigenvalue weighted by atomic mass is 10.2. The molecule has 132 valence electrons. The summed E-state index contributed by atoms with van der Waals surface area (Å²) < 4.78 is 6.59. The Balaban J connectivity index is 2.09. The Hall–Kier alpha value is -2.41. The Morgan fingerprint density at radius 3 is 2.88 bits per heavy atom. The van der Waals surface area contributed by atoms with Crippen molar-refractivity contribution in [3.63, 3.8) is 0 Å². The van der Waals surface area contributed by atoms with Gasteiger partial charge in [-0.05, 0) is 31.5 Å². The third-order valence-corrected chi connectivity index (χ3v) is 3.98. The average Bonchev–Trinajstić information content (AvgIpc) is 3.05. The van der Waals surface area contributed by atoms with E-state index in [0.717, 1.165) is 31.3 Å². The average molecular weight is 362 g/mol. The van der Waals surface area contributed by atoms with Crippen LogP contribution < -0.4 is 5.32 Å². The number of hydrogen-bond acceptors (Lipinski definition) is 6. The molecule has 0 saturated carbocycles. The predicted octanol–water partition coefficient (Wildman–Crippen LogP) is 3.71. The lowest BCUT2D eigenvalue weighted by Crippen LogP contribution is -2.07. The maximum absolute atomic E-state index is 12.0. The van der Waals surface area contributed by atoms with E-state index in [1.165, 1.54) is 0 Å². The molecule has 2 heterocycles. The highest BCUT2D eigenvalue weighted by molar-refractivity contribution is 6.31. The first-order valence-corrected chi connectivity index (χ1v) is 8.78. The number of rotatable bonds is 7. The van der Waals surface area contributed by atoms with Crippen molar-refractivity contribution >= 4 is 40.1 Å². The van der Waals surface area contributed by atoms with Crippen molar-refractivity contribution in [2.75, 3.05) is 18.5 Å². The van der Waals surface area contributed by atoms with E-state index in [9.17, 15) is 4.79 Å². The monoisotopic (exact) mass is 361 g/mol. The fourth-order valence-electron chi connectivity index (χ4n) is 2.55. The number of aromatic nitrogens is 4. The molecule has 0 atom stereocenters. The molecule has 0 radical (unpaired) electrons. The zero-order valence-electron chi connectivity index (χ0n) is 14.3. The van der Waals surface area contributed by atoms with E-state index < -0.39 is 5.97 Å². The minimum absolute atomic E-state index is 0.00716. The molecule has 0 fully saturated rings. The van der Waals surface area contributed by atoms with Crippen LogP contribution in [0.4, 0.5) is 5.82 Å². The molecular weight excluding hydrogens is 342 g/mol. The second-order valence-electron chi connectivity index (χ2n) is 5.62. The summed E-state index contributed by atoms with van der Waals surface area (Å²) in [6.45, 7) is 4.93. The van der Waals surface area contributed by atoms with Gasteiger partial charge >= 0.3 is 5.97 Å². The van der Waals surface area contributed by atoms with Crippen LogP contribution >= 0.6 is 11.6 Å². The first-order chi connectivity index (χ1) is 12.1. The zero-order chi connectivity index (χ0) is 17.8. The molecule has 0 aliphatic rings. The number of esters is 1. The number of anilines is 1. The number of carbonyl (C=O) groups is 1. The highest BCUT2D eigenvalue weighted by Crippen LogP contribution is 2.23. The summed E-state index contributed by atoms with van der Waals surface area (Å²) in [6, 6.07) is 5.34. The summed E-state index contributed by atoms with van der Waals surface area (Å²) in [6.07, 6.45) is 3.30. The Labute approximate surface area is 150 Å². The number of ether oxygens (including phenoxy) is 1. The third kappa shape index (κ3) is 3.66. The molecule has 0 saturated heterocycles. The highest BCUT2D eigenvalue weighted by Gasteiger charge is 2.19. The largest absolute Gasteiger partial charge is 0.460 e. The van der Waals surface area contributed by atoms with Crippen molar-refractivity contribution in [1.82, 2.24) is 19.6 Å². The molecule has 0 unspecified atom stereocenters. The van der Waals surface area contributed by atoms with Crippen LogP contribution in [0.5, 0.6) is 0 Å². The van der Waals surface area contributed by atoms with Gasteiger partial charge in [-0.25, -0.2) is 14.3 Å². The van der Waals surface area contributed by atoms with Crippen molar-refractivity contribution in [2.45, 2.75) is 33.1 Å². The molecule has 25 heavy (non-hydrogen) atoms. The minimum atomic E-state index is -0.557. The minimum Gasteiger partial charge on any atom is -0.460 e. The maximum atomic E-state index is 12.0. The van der Waals surface area contributed by atoms with Crippen molar-refractivity contribution in [2.24, 2.45) is 0 Å². The molecule has 0 bridgehead atoms. The number of benzene rings is 1. The van der Waals surface area contributed by atoms with E-state index in [1.54, 1.807) is 23.6 Å². The zero-order valence-corrected chi connectivity index (χ0v) is 15.0. The number of hydrogen-bond donors (Lipinski definition) is 1. The second kappa shape index (κ2) is 7.65. The fourth-order valence-corrected chi connectivity index (χ4v) is 2.71. The van der Waals surface area contributed by atoms with Gasteiger partial charge in [0.1, 0.15) is 0 Å². The number of carbonyl (C=O) groups excluding carboxylic acids is 1. The molecule has 2 aromatic heterocycles. The Bertz CT molecular complexity index is 909. The quantitative estimate of drug-likeness (QED) is 0.510. The molecule has 1 N–H and O–H groups in total.